The summed E-state index contributed by atoms with van der Waals surface area (Å²) in [5.41, 5.74) is 4.99. The molecule has 0 saturated carbocycles. The van der Waals surface area contributed by atoms with Gasteiger partial charge >= 0.3 is 6.01 Å². The van der Waals surface area contributed by atoms with Gasteiger partial charge in [-0.3, -0.25) is 10.2 Å². The van der Waals surface area contributed by atoms with Crippen molar-refractivity contribution in [2.75, 3.05) is 10.2 Å². The highest BCUT2D eigenvalue weighted by Gasteiger charge is 2.26. The van der Waals surface area contributed by atoms with E-state index in [1.807, 2.05) is 84.6 Å². The monoisotopic (exact) mass is 444 g/mol. The minimum atomic E-state index is -0.271. The Morgan fingerprint density at radius 3 is 2.69 bits per heavy atom. The Kier molecular flexibility index (Phi) is 5.39. The van der Waals surface area contributed by atoms with Crippen LogP contribution in [0.3, 0.4) is 0 Å². The lowest BCUT2D eigenvalue weighted by Crippen LogP contribution is -2.38. The van der Waals surface area contributed by atoms with E-state index < -0.39 is 0 Å². The van der Waals surface area contributed by atoms with Crippen LogP contribution in [0.15, 0.2) is 94.0 Å². The summed E-state index contributed by atoms with van der Waals surface area (Å²) in [4.78, 5) is 11.5. The van der Waals surface area contributed by atoms with Crippen molar-refractivity contribution in [1.29, 1.82) is 0 Å². The molecule has 32 heavy (non-hydrogen) atoms. The van der Waals surface area contributed by atoms with Crippen molar-refractivity contribution in [2.45, 2.75) is 19.6 Å². The lowest BCUT2D eigenvalue weighted by atomic mass is 10.0. The minimum Gasteiger partial charge on any atom is -0.423 e. The Balaban J connectivity index is 1.59. The number of aromatic nitrogens is 1. The smallest absolute Gasteiger partial charge is 0.302 e. The molecule has 0 amide bonds. The topological polar surface area (TPSA) is 73.9 Å². The molecule has 1 aliphatic heterocycles. The average Bonchev–Trinajstić information content (AvgIpc) is 3.21. The average molecular weight is 445 g/mol. The van der Waals surface area contributed by atoms with E-state index in [4.69, 9.17) is 21.0 Å². The van der Waals surface area contributed by atoms with Crippen LogP contribution in [-0.4, -0.2) is 16.1 Å². The van der Waals surface area contributed by atoms with Crippen molar-refractivity contribution in [3.8, 4) is 0 Å². The minimum absolute atomic E-state index is 0.0439. The van der Waals surface area contributed by atoms with Crippen LogP contribution in [-0.2, 0) is 6.61 Å². The summed E-state index contributed by atoms with van der Waals surface area (Å²) in [6.07, 6.45) is 2.06. The molecule has 2 N–H and O–H groups in total. The number of allylic oxidation sites excluding steroid dienone is 1. The van der Waals surface area contributed by atoms with E-state index in [1.54, 1.807) is 0 Å². The molecule has 6 nitrogen and oxygen atoms in total. The van der Waals surface area contributed by atoms with Crippen LogP contribution >= 0.6 is 11.6 Å². The molecule has 7 heteroatoms. The second kappa shape index (κ2) is 8.49. The predicted molar refractivity (Wildman–Crippen MR) is 128 cm³/mol. The second-order valence-corrected chi connectivity index (χ2v) is 7.91. The number of rotatable bonds is 4. The van der Waals surface area contributed by atoms with E-state index in [-0.39, 0.29) is 12.6 Å². The largest absolute Gasteiger partial charge is 0.423 e. The van der Waals surface area contributed by atoms with Crippen LogP contribution in [0.5, 0.6) is 0 Å². The van der Waals surface area contributed by atoms with Crippen LogP contribution in [0.25, 0.3) is 11.1 Å². The fourth-order valence-corrected chi connectivity index (χ4v) is 4.05. The fourth-order valence-electron chi connectivity index (χ4n) is 3.80. The molecular weight excluding hydrogens is 424 g/mol. The first-order chi connectivity index (χ1) is 15.6. The lowest BCUT2D eigenvalue weighted by molar-refractivity contribution is 0.282. The summed E-state index contributed by atoms with van der Waals surface area (Å²) in [7, 11) is 0. The molecule has 4 aromatic rings. The van der Waals surface area contributed by atoms with E-state index in [9.17, 15) is 5.11 Å². The molecule has 0 aliphatic carbocycles. The molecule has 0 fully saturated rings. The van der Waals surface area contributed by atoms with Gasteiger partial charge in [0, 0.05) is 16.4 Å². The summed E-state index contributed by atoms with van der Waals surface area (Å²) < 4.78 is 5.88. The van der Waals surface area contributed by atoms with Gasteiger partial charge in [0.25, 0.3) is 0 Å². The normalized spacial score (nSPS) is 16.1. The zero-order chi connectivity index (χ0) is 22.1. The van der Waals surface area contributed by atoms with E-state index >= 15 is 0 Å². The molecule has 0 spiro atoms. The van der Waals surface area contributed by atoms with E-state index in [0.29, 0.717) is 22.6 Å². The Morgan fingerprint density at radius 2 is 1.88 bits per heavy atom. The van der Waals surface area contributed by atoms with Crippen molar-refractivity contribution in [1.82, 2.24) is 4.98 Å². The number of anilines is 2. The Bertz CT molecular complexity index is 1310. The number of fused-ring (bicyclic) bond motifs is 1. The van der Waals surface area contributed by atoms with Gasteiger partial charge in [-0.1, -0.05) is 54.1 Å². The summed E-state index contributed by atoms with van der Waals surface area (Å²) in [5, 5.41) is 13.5. The van der Waals surface area contributed by atoms with Crippen LogP contribution < -0.4 is 10.2 Å². The molecule has 3 aromatic carbocycles. The molecule has 2 heterocycles. The van der Waals surface area contributed by atoms with Gasteiger partial charge in [0.2, 0.25) is 5.96 Å². The Hall–Kier alpha value is -3.61. The quantitative estimate of drug-likeness (QED) is 0.409. The SMILES string of the molecule is CC1=CC(c2ccccc2Cl)N=C(Nc2nc3ccccc3o2)N1c1cccc(CO)c1. The van der Waals surface area contributed by atoms with E-state index in [2.05, 4.69) is 16.4 Å². The number of nitrogens with zero attached hydrogens (tertiary/aromatic N) is 3. The van der Waals surface area contributed by atoms with Crippen molar-refractivity contribution in [3.63, 3.8) is 0 Å². The summed E-state index contributed by atoms with van der Waals surface area (Å²) in [6, 6.07) is 23.0. The number of oxazole rings is 1. The molecule has 5 rings (SSSR count). The molecule has 1 aliphatic rings. The first kappa shape index (κ1) is 20.3. The third-order valence-electron chi connectivity index (χ3n) is 5.31. The molecule has 0 bridgehead atoms. The third kappa shape index (κ3) is 3.86. The summed E-state index contributed by atoms with van der Waals surface area (Å²) >= 11 is 6.47. The molecular formula is C25H21ClN4O2. The summed E-state index contributed by atoms with van der Waals surface area (Å²) in [6.45, 7) is 1.97. The third-order valence-corrected chi connectivity index (χ3v) is 5.66. The maximum atomic E-state index is 9.61. The number of halogens is 1. The van der Waals surface area contributed by atoms with Crippen LogP contribution in [0, 0.1) is 0 Å². The molecule has 160 valence electrons. The van der Waals surface area contributed by atoms with Gasteiger partial charge in [-0.15, -0.1) is 0 Å². The predicted octanol–water partition coefficient (Wildman–Crippen LogP) is 5.91. The first-order valence-electron chi connectivity index (χ1n) is 10.3. The molecule has 1 atom stereocenters. The lowest BCUT2D eigenvalue weighted by Gasteiger charge is -2.32. The number of aliphatic hydroxyl groups is 1. The van der Waals surface area contributed by atoms with Gasteiger partial charge in [-0.25, -0.2) is 4.99 Å². The van der Waals surface area contributed by atoms with E-state index in [0.717, 1.165) is 28.0 Å². The van der Waals surface area contributed by atoms with E-state index in [1.165, 1.54) is 0 Å². The zero-order valence-electron chi connectivity index (χ0n) is 17.4. The van der Waals surface area contributed by atoms with Gasteiger partial charge in [-0.05, 0) is 54.5 Å². The van der Waals surface area contributed by atoms with Crippen molar-refractivity contribution < 1.29 is 9.52 Å². The van der Waals surface area contributed by atoms with Gasteiger partial charge < -0.3 is 9.52 Å². The number of aliphatic imine (C=N–C) groups is 1. The van der Waals surface area contributed by atoms with Gasteiger partial charge in [0.1, 0.15) is 11.6 Å². The van der Waals surface area contributed by atoms with Gasteiger partial charge in [-0.2, -0.15) is 4.98 Å². The molecule has 1 unspecified atom stereocenters. The fraction of sp³-hybridized carbons (Fsp3) is 0.120. The van der Waals surface area contributed by atoms with Crippen LogP contribution in [0.4, 0.5) is 11.7 Å². The van der Waals surface area contributed by atoms with Crippen LogP contribution in [0.1, 0.15) is 24.1 Å². The summed E-state index contributed by atoms with van der Waals surface area (Å²) in [5.74, 6) is 0.552. The van der Waals surface area contributed by atoms with Crippen molar-refractivity contribution in [3.05, 3.63) is 101 Å². The first-order valence-corrected chi connectivity index (χ1v) is 10.6. The molecule has 1 aromatic heterocycles. The number of aliphatic hydroxyl groups excluding tert-OH is 1. The molecule has 0 saturated heterocycles. The van der Waals surface area contributed by atoms with Crippen molar-refractivity contribution in [2.24, 2.45) is 4.99 Å². The van der Waals surface area contributed by atoms with Crippen molar-refractivity contribution >= 4 is 40.4 Å². The number of benzene rings is 3. The maximum absolute atomic E-state index is 9.61. The van der Waals surface area contributed by atoms with Crippen LogP contribution in [0.2, 0.25) is 5.02 Å². The number of guanidine groups is 1. The Labute approximate surface area is 190 Å². The highest BCUT2D eigenvalue weighted by Crippen LogP contribution is 2.34. The number of hydrogen-bond acceptors (Lipinski definition) is 6. The van der Waals surface area contributed by atoms with Gasteiger partial charge in [0.15, 0.2) is 5.58 Å². The number of nitrogens with one attached hydrogen (secondary N) is 1. The number of para-hydroxylation sites is 2. The standard InChI is InChI=1S/C25H21ClN4O2/c1-16-13-22(19-9-2-3-10-20(19)26)27-24(30(16)18-8-6-7-17(14-18)15-31)29-25-28-21-11-4-5-12-23(21)32-25/h2-14,22,31H,15H2,1H3,(H,27,28,29). The zero-order valence-corrected chi connectivity index (χ0v) is 18.1. The highest BCUT2D eigenvalue weighted by molar-refractivity contribution is 6.31. The van der Waals surface area contributed by atoms with Gasteiger partial charge in [0.05, 0.1) is 6.61 Å². The highest BCUT2D eigenvalue weighted by atomic mass is 35.5. The number of hydrogen-bond donors (Lipinski definition) is 2. The molecule has 0 radical (unpaired) electrons. The second-order valence-electron chi connectivity index (χ2n) is 7.50. The Morgan fingerprint density at radius 1 is 1.06 bits per heavy atom. The maximum Gasteiger partial charge on any atom is 0.302 e.